The van der Waals surface area contributed by atoms with Gasteiger partial charge in [0.2, 0.25) is 0 Å². The van der Waals surface area contributed by atoms with Crippen molar-refractivity contribution in [3.63, 3.8) is 0 Å². The number of ether oxygens (including phenoxy) is 15. The van der Waals surface area contributed by atoms with Gasteiger partial charge in [0.25, 0.3) is 0 Å². The molecule has 17 heteroatoms. The van der Waals surface area contributed by atoms with Gasteiger partial charge in [0.15, 0.2) is 41.7 Å². The Kier molecular flexibility index (Phi) is 23.0. The average Bonchev–Trinajstić information content (AvgIpc) is 3.37. The van der Waals surface area contributed by atoms with Crippen LogP contribution in [0.4, 0.5) is 0 Å². The maximum absolute atomic E-state index is 15.2. The van der Waals surface area contributed by atoms with Gasteiger partial charge in [-0.3, -0.25) is 4.79 Å². The largest absolute Gasteiger partial charge is 0.493 e. The summed E-state index contributed by atoms with van der Waals surface area (Å²) in [5, 5.41) is 0. The van der Waals surface area contributed by atoms with E-state index in [0.29, 0.717) is 34.1 Å². The molecule has 0 saturated carbocycles. The third-order valence-electron chi connectivity index (χ3n) is 13.8. The standard InChI is InChI=1S/C55H80O17/c1-16-17-31(2)22-33(4)48(67-29-59-10)40-27-65-53(57)52(68-30-60-11)51-37(8)49(70-55(72-51)39-19-21-43(62-13)46(25-39)64-15)36(7)47(66-28-58-9)34(5)23-32(3)41(56)26-44-35(6)50(40)71-54(69-44)38-18-20-42(61-12)45(24-38)63-14/h16-25,31-32,35-37,40,44,47-52,54-55H,26-30H2,1-15H3/b17-16-,33-22+,34-23?/t31-,32-,35+,36+,37+,40+,44-,47-,48+,49-,50-,51-,52+,54-,55-/m0/s1. The van der Waals surface area contributed by atoms with Crippen molar-refractivity contribution in [1.82, 2.24) is 0 Å². The summed E-state index contributed by atoms with van der Waals surface area (Å²) in [6, 6.07) is 10.7. The number of hydrogen-bond acceptors (Lipinski definition) is 17. The molecule has 2 fully saturated rings. The van der Waals surface area contributed by atoms with E-state index in [-0.39, 0.29) is 45.1 Å². The van der Waals surface area contributed by atoms with Crippen LogP contribution in [0.1, 0.15) is 85.5 Å². The molecule has 72 heavy (non-hydrogen) atoms. The minimum absolute atomic E-state index is 0.0220. The second-order valence-corrected chi connectivity index (χ2v) is 18.9. The Balaban J connectivity index is 1.74. The van der Waals surface area contributed by atoms with Crippen molar-refractivity contribution >= 4 is 11.8 Å². The first-order valence-electron chi connectivity index (χ1n) is 24.7. The average molecular weight is 1010 g/mol. The summed E-state index contributed by atoms with van der Waals surface area (Å²) in [6.45, 7) is 15.1. The topological polar surface area (TPSA) is 173 Å². The lowest BCUT2D eigenvalue weighted by Gasteiger charge is -2.47. The van der Waals surface area contributed by atoms with Gasteiger partial charge < -0.3 is 71.1 Å². The summed E-state index contributed by atoms with van der Waals surface area (Å²) >= 11 is 0. The van der Waals surface area contributed by atoms with Crippen molar-refractivity contribution in [2.75, 3.05) is 76.8 Å². The lowest BCUT2D eigenvalue weighted by atomic mass is 9.79. The molecule has 0 radical (unpaired) electrons. The minimum Gasteiger partial charge on any atom is -0.493 e. The highest BCUT2D eigenvalue weighted by Crippen LogP contribution is 2.45. The summed E-state index contributed by atoms with van der Waals surface area (Å²) in [7, 11) is 10.8. The quantitative estimate of drug-likeness (QED) is 0.0742. The number of benzene rings is 2. The SMILES string of the molecule is C/C=C\[C@H](C)/C=C(\C)[C@@H](OCOC)[C@H]1COC(=O)[C@H](OCOC)[C@H]2O[C@@H](c3ccc(OC)c(OC)c3)O[C@H]([C@H]2C)[C@H](C)[C@@H](OCOC)C(C)=C[C@H](C)C(=O)C[C@@H]2O[C@H](c3ccc(OC)c(OC)c3)O[C@H]1[C@@H]2C. The highest BCUT2D eigenvalue weighted by molar-refractivity contribution is 5.83. The Morgan fingerprint density at radius 1 is 0.681 bits per heavy atom. The number of fused-ring (bicyclic) bond motifs is 4. The molecule has 5 rings (SSSR count). The van der Waals surface area contributed by atoms with Gasteiger partial charge in [0.05, 0.1) is 71.5 Å². The van der Waals surface area contributed by atoms with E-state index in [4.69, 9.17) is 71.1 Å². The fraction of sp³-hybridized carbons (Fsp3) is 0.636. The fourth-order valence-electron chi connectivity index (χ4n) is 10.2. The predicted octanol–water partition coefficient (Wildman–Crippen LogP) is 8.74. The zero-order valence-corrected chi connectivity index (χ0v) is 44.9. The van der Waals surface area contributed by atoms with Crippen LogP contribution >= 0.6 is 0 Å². The van der Waals surface area contributed by atoms with Crippen LogP contribution in [0.3, 0.4) is 0 Å². The number of esters is 1. The molecule has 0 spiro atoms. The van der Waals surface area contributed by atoms with Crippen LogP contribution in [0, 0.1) is 35.5 Å². The summed E-state index contributed by atoms with van der Waals surface area (Å²) < 4.78 is 92.4. The van der Waals surface area contributed by atoms with Gasteiger partial charge in [0, 0.05) is 62.5 Å². The maximum atomic E-state index is 15.2. The molecule has 2 aromatic carbocycles. The number of methoxy groups -OCH3 is 7. The molecule has 402 valence electrons. The number of cyclic esters (lactones) is 1. The number of ketones is 1. The van der Waals surface area contributed by atoms with Gasteiger partial charge in [-0.1, -0.05) is 71.1 Å². The molecule has 2 saturated heterocycles. The smallest absolute Gasteiger partial charge is 0.338 e. The first kappa shape index (κ1) is 58.5. The Labute approximate surface area is 426 Å². The normalized spacial score (nSPS) is 30.9. The molecule has 3 aliphatic rings. The van der Waals surface area contributed by atoms with E-state index >= 15 is 4.79 Å². The van der Waals surface area contributed by atoms with Crippen molar-refractivity contribution in [1.29, 1.82) is 0 Å². The lowest BCUT2D eigenvalue weighted by Crippen LogP contribution is -2.55. The fourth-order valence-corrected chi connectivity index (χ4v) is 10.2. The predicted molar refractivity (Wildman–Crippen MR) is 267 cm³/mol. The summed E-state index contributed by atoms with van der Waals surface area (Å²) in [6.07, 6.45) is 0.368. The summed E-state index contributed by atoms with van der Waals surface area (Å²) in [5.41, 5.74) is 2.85. The van der Waals surface area contributed by atoms with Crippen LogP contribution in [0.5, 0.6) is 23.0 Å². The molecule has 0 amide bonds. The first-order chi connectivity index (χ1) is 34.6. The number of rotatable bonds is 19. The Morgan fingerprint density at radius 2 is 1.22 bits per heavy atom. The number of allylic oxidation sites excluding steroid dienone is 4. The zero-order chi connectivity index (χ0) is 52.6. The van der Waals surface area contributed by atoms with E-state index in [9.17, 15) is 4.79 Å². The minimum atomic E-state index is -1.33. The Hall–Kier alpha value is -4.40. The van der Waals surface area contributed by atoms with E-state index < -0.39 is 90.9 Å². The monoisotopic (exact) mass is 1010 g/mol. The van der Waals surface area contributed by atoms with Crippen LogP contribution < -0.4 is 18.9 Å². The van der Waals surface area contributed by atoms with Gasteiger partial charge in [-0.15, -0.1) is 0 Å². The van der Waals surface area contributed by atoms with Crippen molar-refractivity contribution in [2.45, 2.75) is 117 Å². The first-order valence-corrected chi connectivity index (χ1v) is 24.7. The van der Waals surface area contributed by atoms with E-state index in [1.807, 2.05) is 72.8 Å². The zero-order valence-electron chi connectivity index (χ0n) is 44.9. The molecule has 0 unspecified atom stereocenters. The highest BCUT2D eigenvalue weighted by Gasteiger charge is 2.50. The third-order valence-corrected chi connectivity index (χ3v) is 13.8. The maximum Gasteiger partial charge on any atom is 0.338 e. The van der Waals surface area contributed by atoms with Crippen LogP contribution in [0.2, 0.25) is 0 Å². The van der Waals surface area contributed by atoms with Gasteiger partial charge in [-0.2, -0.15) is 0 Å². The van der Waals surface area contributed by atoms with Gasteiger partial charge in [-0.25, -0.2) is 4.79 Å². The molecule has 0 N–H and O–H groups in total. The number of hydrogen-bond donors (Lipinski definition) is 0. The molecule has 0 aromatic heterocycles. The van der Waals surface area contributed by atoms with E-state index in [1.54, 1.807) is 66.9 Å². The van der Waals surface area contributed by atoms with Gasteiger partial charge in [0.1, 0.15) is 32.3 Å². The molecule has 3 heterocycles. The van der Waals surface area contributed by atoms with Crippen LogP contribution in [0.15, 0.2) is 71.8 Å². The van der Waals surface area contributed by atoms with Crippen molar-refractivity contribution in [3.8, 4) is 23.0 Å². The van der Waals surface area contributed by atoms with E-state index in [1.165, 1.54) is 7.11 Å². The van der Waals surface area contributed by atoms with Crippen LogP contribution in [-0.2, 0) is 61.7 Å². The molecular weight excluding hydrogens is 933 g/mol. The van der Waals surface area contributed by atoms with Gasteiger partial charge >= 0.3 is 5.97 Å². The summed E-state index contributed by atoms with van der Waals surface area (Å²) in [4.78, 5) is 29.8. The number of carbonyl (C=O) groups excluding carboxylic acids is 2. The Bertz CT molecular complexity index is 2120. The molecule has 15 atom stereocenters. The highest BCUT2D eigenvalue weighted by atomic mass is 16.7. The number of Topliss-reactive ketones (excluding diaryl/α,β-unsaturated/α-hetero) is 1. The van der Waals surface area contributed by atoms with Crippen LogP contribution in [-0.4, -0.2) is 131 Å². The van der Waals surface area contributed by atoms with Crippen LogP contribution in [0.25, 0.3) is 0 Å². The lowest BCUT2D eigenvalue weighted by molar-refractivity contribution is -0.308. The van der Waals surface area contributed by atoms with Crippen molar-refractivity contribution < 1.29 is 80.6 Å². The molecular formula is C55H80O17. The number of carbonyl (C=O) groups is 2. The van der Waals surface area contributed by atoms with E-state index in [2.05, 4.69) is 19.1 Å². The van der Waals surface area contributed by atoms with Crippen molar-refractivity contribution in [2.24, 2.45) is 35.5 Å². The molecule has 17 nitrogen and oxygen atoms in total. The third kappa shape index (κ3) is 14.5. The summed E-state index contributed by atoms with van der Waals surface area (Å²) in [5.74, 6) is -1.49. The molecule has 4 bridgehead atoms. The second-order valence-electron chi connectivity index (χ2n) is 18.9. The molecule has 3 aliphatic heterocycles. The molecule has 0 aliphatic carbocycles. The Morgan fingerprint density at radius 3 is 1.78 bits per heavy atom. The molecule has 2 aromatic rings. The van der Waals surface area contributed by atoms with Crippen molar-refractivity contribution in [3.05, 3.63) is 83.0 Å². The van der Waals surface area contributed by atoms with E-state index in [0.717, 1.165) is 11.1 Å². The van der Waals surface area contributed by atoms with Gasteiger partial charge in [-0.05, 0) is 62.1 Å². The second kappa shape index (κ2) is 28.3.